The second-order valence-electron chi connectivity index (χ2n) is 5.04. The van der Waals surface area contributed by atoms with E-state index in [-0.39, 0.29) is 4.90 Å². The quantitative estimate of drug-likeness (QED) is 0.872. The Bertz CT molecular complexity index is 812. The van der Waals surface area contributed by atoms with Gasteiger partial charge in [0.05, 0.1) is 10.6 Å². The van der Waals surface area contributed by atoms with E-state index in [0.29, 0.717) is 18.5 Å². The van der Waals surface area contributed by atoms with Crippen LogP contribution in [0.1, 0.15) is 18.4 Å². The normalized spacial score (nSPS) is 15.5. The molecule has 4 nitrogen and oxygen atoms in total. The molecule has 2 aromatic carbocycles. The molecule has 1 aliphatic heterocycles. The molecular weight excluding hydrogens is 296 g/mol. The number of hydrogen-bond acceptors (Lipinski definition) is 3. The summed E-state index contributed by atoms with van der Waals surface area (Å²) in [5.41, 5.74) is 2.18. The van der Waals surface area contributed by atoms with E-state index in [9.17, 15) is 8.42 Å². The van der Waals surface area contributed by atoms with Gasteiger partial charge in [-0.1, -0.05) is 55.1 Å². The highest BCUT2D eigenvalue weighted by Gasteiger charge is 2.29. The summed E-state index contributed by atoms with van der Waals surface area (Å²) in [6, 6.07) is 17.9. The molecule has 0 radical (unpaired) electrons. The van der Waals surface area contributed by atoms with Crippen molar-refractivity contribution < 1.29 is 8.42 Å². The van der Waals surface area contributed by atoms with Crippen molar-refractivity contribution in [1.29, 1.82) is 0 Å². The first-order valence-electron chi connectivity index (χ1n) is 7.00. The molecule has 22 heavy (non-hydrogen) atoms. The molecule has 0 unspecified atom stereocenters. The highest BCUT2D eigenvalue weighted by Crippen LogP contribution is 2.27. The fraction of sp³-hybridized carbons (Fsp3) is 0.118. The van der Waals surface area contributed by atoms with Crippen molar-refractivity contribution >= 4 is 15.7 Å². The van der Waals surface area contributed by atoms with Gasteiger partial charge in [0, 0.05) is 5.70 Å². The minimum absolute atomic E-state index is 0.217. The molecule has 112 valence electrons. The van der Waals surface area contributed by atoms with Gasteiger partial charge in [-0.05, 0) is 30.5 Å². The van der Waals surface area contributed by atoms with E-state index in [1.165, 1.54) is 0 Å². The van der Waals surface area contributed by atoms with Gasteiger partial charge < -0.3 is 0 Å². The Hall–Kier alpha value is -2.40. The molecule has 0 N–H and O–H groups in total. The van der Waals surface area contributed by atoms with E-state index in [2.05, 4.69) is 11.7 Å². The minimum atomic E-state index is -3.71. The monoisotopic (exact) mass is 312 g/mol. The lowest BCUT2D eigenvalue weighted by atomic mass is 10.0. The van der Waals surface area contributed by atoms with E-state index in [1.807, 2.05) is 30.3 Å². The van der Waals surface area contributed by atoms with Crippen molar-refractivity contribution in [1.82, 2.24) is 4.41 Å². The Morgan fingerprint density at radius 1 is 0.909 bits per heavy atom. The second kappa shape index (κ2) is 5.77. The average molecular weight is 312 g/mol. The van der Waals surface area contributed by atoms with Crippen LogP contribution in [0.2, 0.25) is 0 Å². The van der Waals surface area contributed by atoms with Crippen LogP contribution in [0.3, 0.4) is 0 Å². The number of hydrogen-bond donors (Lipinski definition) is 0. The molecule has 0 saturated heterocycles. The lowest BCUT2D eigenvalue weighted by Crippen LogP contribution is -2.30. The molecule has 3 rings (SSSR count). The summed E-state index contributed by atoms with van der Waals surface area (Å²) in [6.45, 7) is 3.86. The number of nitrogens with zero attached hydrogens (tertiary/aromatic N) is 2. The van der Waals surface area contributed by atoms with Crippen LogP contribution < -0.4 is 0 Å². The molecule has 5 heteroatoms. The molecule has 0 spiro atoms. The van der Waals surface area contributed by atoms with Gasteiger partial charge in [-0.2, -0.15) is 17.9 Å². The minimum Gasteiger partial charge on any atom is -0.199 e. The third-order valence-electron chi connectivity index (χ3n) is 3.51. The van der Waals surface area contributed by atoms with E-state index in [1.54, 1.807) is 30.3 Å². The lowest BCUT2D eigenvalue weighted by Gasteiger charge is -2.26. The molecule has 0 bridgehead atoms. The number of rotatable bonds is 3. The molecule has 0 aromatic heterocycles. The average Bonchev–Trinajstić information content (AvgIpc) is 2.57. The van der Waals surface area contributed by atoms with E-state index < -0.39 is 10.0 Å². The molecule has 1 heterocycles. The zero-order valence-corrected chi connectivity index (χ0v) is 12.8. The summed E-state index contributed by atoms with van der Waals surface area (Å²) < 4.78 is 26.5. The maximum absolute atomic E-state index is 12.7. The lowest BCUT2D eigenvalue weighted by molar-refractivity contribution is 0.472. The van der Waals surface area contributed by atoms with Gasteiger partial charge in [-0.15, -0.1) is 0 Å². The van der Waals surface area contributed by atoms with Crippen LogP contribution >= 0.6 is 0 Å². The van der Waals surface area contributed by atoms with Gasteiger partial charge in [0.25, 0.3) is 10.0 Å². The zero-order valence-electron chi connectivity index (χ0n) is 12.0. The van der Waals surface area contributed by atoms with Gasteiger partial charge in [0.15, 0.2) is 0 Å². The van der Waals surface area contributed by atoms with Crippen molar-refractivity contribution in [3.8, 4) is 0 Å². The van der Waals surface area contributed by atoms with E-state index in [4.69, 9.17) is 0 Å². The van der Waals surface area contributed by atoms with Crippen molar-refractivity contribution in [2.75, 3.05) is 0 Å². The van der Waals surface area contributed by atoms with Crippen LogP contribution in [0.5, 0.6) is 0 Å². The predicted molar refractivity (Wildman–Crippen MR) is 86.8 cm³/mol. The summed E-state index contributed by atoms with van der Waals surface area (Å²) in [5.74, 6) is 0. The standard InChI is InChI=1S/C17H16N2O2S/c1-14-12-13-17(15-8-4-2-5-9-15)18-19(14)22(20,21)16-10-6-3-7-11-16/h2-11H,1,12-13H2. The SMILES string of the molecule is C=C1CCC(c2ccccc2)=NN1S(=O)(=O)c1ccccc1. The van der Waals surface area contributed by atoms with Crippen molar-refractivity contribution in [3.05, 3.63) is 78.5 Å². The van der Waals surface area contributed by atoms with Gasteiger partial charge in [-0.25, -0.2) is 0 Å². The molecule has 0 amide bonds. The largest absolute Gasteiger partial charge is 0.283 e. The maximum atomic E-state index is 12.7. The van der Waals surface area contributed by atoms with Gasteiger partial charge in [0.1, 0.15) is 0 Å². The molecule has 0 atom stereocenters. The summed E-state index contributed by atoms with van der Waals surface area (Å²) in [7, 11) is -3.71. The number of benzene rings is 2. The zero-order chi connectivity index (χ0) is 15.6. The number of sulfonamides is 1. The number of hydrazone groups is 1. The number of allylic oxidation sites excluding steroid dienone is 1. The van der Waals surface area contributed by atoms with Crippen molar-refractivity contribution in [2.45, 2.75) is 17.7 Å². The Morgan fingerprint density at radius 3 is 2.14 bits per heavy atom. The van der Waals surface area contributed by atoms with Crippen LogP contribution in [0, 0.1) is 0 Å². The Morgan fingerprint density at radius 2 is 1.50 bits per heavy atom. The molecule has 1 aliphatic rings. The van der Waals surface area contributed by atoms with Crippen molar-refractivity contribution in [2.24, 2.45) is 5.10 Å². The summed E-state index contributed by atoms with van der Waals surface area (Å²) in [5, 5.41) is 4.34. The fourth-order valence-corrected chi connectivity index (χ4v) is 3.68. The van der Waals surface area contributed by atoms with Gasteiger partial charge in [-0.3, -0.25) is 0 Å². The Labute approximate surface area is 130 Å². The Kier molecular flexibility index (Phi) is 3.81. The molecule has 0 fully saturated rings. The first kappa shape index (κ1) is 14.5. The predicted octanol–water partition coefficient (Wildman–Crippen LogP) is 3.39. The highest BCUT2D eigenvalue weighted by atomic mass is 32.2. The maximum Gasteiger partial charge on any atom is 0.283 e. The molecule has 0 saturated carbocycles. The highest BCUT2D eigenvalue weighted by molar-refractivity contribution is 7.89. The fourth-order valence-electron chi connectivity index (χ4n) is 2.34. The summed E-state index contributed by atoms with van der Waals surface area (Å²) in [6.07, 6.45) is 1.25. The second-order valence-corrected chi connectivity index (χ2v) is 6.81. The van der Waals surface area contributed by atoms with Crippen LogP contribution in [0.15, 0.2) is 82.9 Å². The first-order chi connectivity index (χ1) is 10.6. The first-order valence-corrected chi connectivity index (χ1v) is 8.44. The summed E-state index contributed by atoms with van der Waals surface area (Å²) >= 11 is 0. The van der Waals surface area contributed by atoms with Gasteiger partial charge >= 0.3 is 0 Å². The van der Waals surface area contributed by atoms with Crippen molar-refractivity contribution in [3.63, 3.8) is 0 Å². The van der Waals surface area contributed by atoms with Crippen LogP contribution in [0.4, 0.5) is 0 Å². The van der Waals surface area contributed by atoms with Crippen LogP contribution in [-0.4, -0.2) is 18.5 Å². The van der Waals surface area contributed by atoms with Crippen LogP contribution in [0.25, 0.3) is 0 Å². The van der Waals surface area contributed by atoms with E-state index >= 15 is 0 Å². The van der Waals surface area contributed by atoms with E-state index in [0.717, 1.165) is 15.7 Å². The third kappa shape index (κ3) is 2.67. The summed E-state index contributed by atoms with van der Waals surface area (Å²) in [4.78, 5) is 0.217. The van der Waals surface area contributed by atoms with Gasteiger partial charge in [0.2, 0.25) is 0 Å². The smallest absolute Gasteiger partial charge is 0.199 e. The topological polar surface area (TPSA) is 49.7 Å². The third-order valence-corrected chi connectivity index (χ3v) is 5.17. The molecule has 2 aromatic rings. The molecule has 0 aliphatic carbocycles. The molecular formula is C17H16N2O2S. The Balaban J connectivity index is 2.04. The van der Waals surface area contributed by atoms with Crippen LogP contribution in [-0.2, 0) is 10.0 Å².